The molecule has 1 N–H and O–H groups in total. The number of halogens is 1. The molecule has 1 fully saturated rings. The Bertz CT molecular complexity index is 633. The van der Waals surface area contributed by atoms with Gasteiger partial charge in [0.2, 0.25) is 0 Å². The van der Waals surface area contributed by atoms with E-state index in [1.54, 1.807) is 12.0 Å². The van der Waals surface area contributed by atoms with Crippen molar-refractivity contribution >= 4 is 27.7 Å². The molecule has 2 heterocycles. The molecule has 1 saturated heterocycles. The molecule has 1 aromatic rings. The molecule has 6 heteroatoms. The van der Waals surface area contributed by atoms with Crippen molar-refractivity contribution < 1.29 is 14.3 Å². The number of hydrogen-bond acceptors (Lipinski definition) is 4. The van der Waals surface area contributed by atoms with Crippen molar-refractivity contribution in [2.24, 2.45) is 0 Å². The van der Waals surface area contributed by atoms with E-state index < -0.39 is 0 Å². The summed E-state index contributed by atoms with van der Waals surface area (Å²) in [6, 6.07) is 0.359. The number of nitrogens with one attached hydrogen (secondary N) is 1. The lowest BCUT2D eigenvalue weighted by Crippen LogP contribution is -2.45. The molecular weight excluding hydrogens is 348 g/mol. The number of likely N-dealkylation sites (tertiary alicyclic amines) is 1. The number of benzene rings is 1. The zero-order valence-electron chi connectivity index (χ0n) is 13.3. The molecular formula is C16H21BrN2O3. The van der Waals surface area contributed by atoms with Crippen molar-refractivity contribution in [2.75, 3.05) is 32.6 Å². The van der Waals surface area contributed by atoms with Crippen LogP contribution in [0.2, 0.25) is 0 Å². The van der Waals surface area contributed by atoms with Crippen LogP contribution in [-0.2, 0) is 4.74 Å². The highest BCUT2D eigenvalue weighted by molar-refractivity contribution is 9.10. The number of ether oxygens (including phenoxy) is 2. The third-order valence-corrected chi connectivity index (χ3v) is 5.84. The molecule has 0 unspecified atom stereocenters. The van der Waals surface area contributed by atoms with Crippen LogP contribution in [-0.4, -0.2) is 44.3 Å². The van der Waals surface area contributed by atoms with Crippen LogP contribution in [0.3, 0.4) is 0 Å². The van der Waals surface area contributed by atoms with Crippen LogP contribution < -0.4 is 10.1 Å². The van der Waals surface area contributed by atoms with Crippen LogP contribution in [0.15, 0.2) is 4.47 Å². The van der Waals surface area contributed by atoms with Gasteiger partial charge in [-0.15, -0.1) is 0 Å². The molecule has 2 aliphatic rings. The van der Waals surface area contributed by atoms with Gasteiger partial charge in [0.15, 0.2) is 0 Å². The summed E-state index contributed by atoms with van der Waals surface area (Å²) >= 11 is 3.70. The molecule has 3 rings (SSSR count). The van der Waals surface area contributed by atoms with Gasteiger partial charge in [-0.1, -0.05) is 0 Å². The third kappa shape index (κ3) is 2.16. The zero-order valence-corrected chi connectivity index (χ0v) is 14.9. The maximum Gasteiger partial charge on any atom is 0.409 e. The average molecular weight is 369 g/mol. The Morgan fingerprint density at radius 2 is 2.05 bits per heavy atom. The first-order valence-electron chi connectivity index (χ1n) is 7.45. The number of rotatable bonds is 1. The molecule has 1 amide bonds. The van der Waals surface area contributed by atoms with Gasteiger partial charge >= 0.3 is 6.09 Å². The van der Waals surface area contributed by atoms with E-state index in [0.717, 1.165) is 40.0 Å². The minimum Gasteiger partial charge on any atom is -0.496 e. The number of amides is 1. The van der Waals surface area contributed by atoms with Crippen LogP contribution in [0, 0.1) is 13.8 Å². The number of hydrogen-bond donors (Lipinski definition) is 1. The Kier molecular flexibility index (Phi) is 3.97. The molecule has 2 atom stereocenters. The molecule has 1 aromatic carbocycles. The van der Waals surface area contributed by atoms with Crippen molar-refractivity contribution in [3.05, 3.63) is 21.2 Å². The molecule has 2 aliphatic heterocycles. The van der Waals surface area contributed by atoms with Gasteiger partial charge in [0.25, 0.3) is 0 Å². The number of carbonyl (C=O) groups excluding carboxylic acids is 1. The largest absolute Gasteiger partial charge is 0.496 e. The van der Waals surface area contributed by atoms with E-state index in [2.05, 4.69) is 35.1 Å². The molecule has 0 aliphatic carbocycles. The molecule has 0 saturated carbocycles. The quantitative estimate of drug-likeness (QED) is 0.824. The number of fused-ring (bicyclic) bond motifs is 3. The van der Waals surface area contributed by atoms with Gasteiger partial charge in [0.05, 0.1) is 19.9 Å². The SMILES string of the molecule is COC(=O)N1CC[C@@H]2Nc3c(Br)c(C)c(OC)c(C)c3[C@@H]2C1. The average Bonchev–Trinajstić information content (AvgIpc) is 2.91. The summed E-state index contributed by atoms with van der Waals surface area (Å²) in [7, 11) is 3.14. The summed E-state index contributed by atoms with van der Waals surface area (Å²) in [5.41, 5.74) is 4.67. The van der Waals surface area contributed by atoms with Gasteiger partial charge in [-0.3, -0.25) is 0 Å². The summed E-state index contributed by atoms with van der Waals surface area (Å²) in [6.07, 6.45) is 0.671. The van der Waals surface area contributed by atoms with Crippen LogP contribution in [0.5, 0.6) is 5.75 Å². The van der Waals surface area contributed by atoms with Gasteiger partial charge in [0, 0.05) is 35.1 Å². The van der Waals surface area contributed by atoms with E-state index in [-0.39, 0.29) is 12.0 Å². The van der Waals surface area contributed by atoms with Crippen molar-refractivity contribution in [1.82, 2.24) is 4.90 Å². The van der Waals surface area contributed by atoms with Crippen molar-refractivity contribution in [3.8, 4) is 5.75 Å². The van der Waals surface area contributed by atoms with E-state index in [1.807, 2.05) is 0 Å². The number of anilines is 1. The van der Waals surface area contributed by atoms with Crippen molar-refractivity contribution in [1.29, 1.82) is 0 Å². The number of piperidine rings is 1. The first kappa shape index (κ1) is 15.5. The minimum atomic E-state index is -0.248. The van der Waals surface area contributed by atoms with E-state index in [1.165, 1.54) is 12.7 Å². The number of carbonyl (C=O) groups is 1. The lowest BCUT2D eigenvalue weighted by atomic mass is 9.86. The lowest BCUT2D eigenvalue weighted by molar-refractivity contribution is 0.109. The first-order valence-corrected chi connectivity index (χ1v) is 8.24. The van der Waals surface area contributed by atoms with E-state index in [0.29, 0.717) is 12.6 Å². The highest BCUT2D eigenvalue weighted by atomic mass is 79.9. The third-order valence-electron chi connectivity index (χ3n) is 4.85. The fourth-order valence-corrected chi connectivity index (χ4v) is 4.31. The van der Waals surface area contributed by atoms with Crippen LogP contribution in [0.1, 0.15) is 29.0 Å². The van der Waals surface area contributed by atoms with Gasteiger partial charge in [-0.2, -0.15) is 0 Å². The number of methoxy groups -OCH3 is 2. The Hall–Kier alpha value is -1.43. The fourth-order valence-electron chi connectivity index (χ4n) is 3.80. The van der Waals surface area contributed by atoms with Crippen molar-refractivity contribution in [3.63, 3.8) is 0 Å². The zero-order chi connectivity index (χ0) is 16.0. The highest BCUT2D eigenvalue weighted by Gasteiger charge is 2.41. The highest BCUT2D eigenvalue weighted by Crippen LogP contribution is 2.50. The van der Waals surface area contributed by atoms with Crippen molar-refractivity contribution in [2.45, 2.75) is 32.2 Å². The maximum absolute atomic E-state index is 11.8. The molecule has 0 radical (unpaired) electrons. The molecule has 5 nitrogen and oxygen atoms in total. The molecule has 0 bridgehead atoms. The second-order valence-electron chi connectivity index (χ2n) is 5.95. The monoisotopic (exact) mass is 368 g/mol. The smallest absolute Gasteiger partial charge is 0.409 e. The second kappa shape index (κ2) is 5.65. The summed E-state index contributed by atoms with van der Waals surface area (Å²) in [4.78, 5) is 13.6. The van der Waals surface area contributed by atoms with Gasteiger partial charge in [-0.25, -0.2) is 4.79 Å². The van der Waals surface area contributed by atoms with E-state index >= 15 is 0 Å². The predicted octanol–water partition coefficient (Wildman–Crippen LogP) is 3.42. The maximum atomic E-state index is 11.8. The Labute approximate surface area is 139 Å². The first-order chi connectivity index (χ1) is 10.5. The fraction of sp³-hybridized carbons (Fsp3) is 0.562. The lowest BCUT2D eigenvalue weighted by Gasteiger charge is -2.34. The van der Waals surface area contributed by atoms with Gasteiger partial charge in [0.1, 0.15) is 5.75 Å². The van der Waals surface area contributed by atoms with Gasteiger partial charge in [-0.05, 0) is 47.3 Å². The molecule has 0 spiro atoms. The Morgan fingerprint density at radius 3 is 2.68 bits per heavy atom. The molecule has 0 aromatic heterocycles. The normalized spacial score (nSPS) is 22.7. The molecule has 22 heavy (non-hydrogen) atoms. The van der Waals surface area contributed by atoms with Gasteiger partial charge < -0.3 is 19.7 Å². The standard InChI is InChI=1S/C16H21BrN2O3/c1-8-12-10-7-19(16(20)22-4)6-5-11(10)18-14(12)13(17)9(2)15(8)21-3/h10-11,18H,5-7H2,1-4H3/t10-,11+/m1/s1. The summed E-state index contributed by atoms with van der Waals surface area (Å²) in [6.45, 7) is 5.55. The predicted molar refractivity (Wildman–Crippen MR) is 88.9 cm³/mol. The van der Waals surface area contributed by atoms with Crippen LogP contribution in [0.25, 0.3) is 0 Å². The summed E-state index contributed by atoms with van der Waals surface area (Å²) in [5.74, 6) is 1.19. The topological polar surface area (TPSA) is 50.8 Å². The van der Waals surface area contributed by atoms with E-state index in [9.17, 15) is 4.79 Å². The Morgan fingerprint density at radius 1 is 1.32 bits per heavy atom. The van der Waals surface area contributed by atoms with Crippen LogP contribution >= 0.6 is 15.9 Å². The Balaban J connectivity index is 2.04. The summed E-state index contributed by atoms with van der Waals surface area (Å²) in [5, 5.41) is 3.63. The summed E-state index contributed by atoms with van der Waals surface area (Å²) < 4.78 is 11.5. The van der Waals surface area contributed by atoms with E-state index in [4.69, 9.17) is 9.47 Å². The molecule has 120 valence electrons. The second-order valence-corrected chi connectivity index (χ2v) is 6.74. The van der Waals surface area contributed by atoms with Crippen LogP contribution in [0.4, 0.5) is 10.5 Å². The number of nitrogens with zero attached hydrogens (tertiary/aromatic N) is 1. The minimum absolute atomic E-state index is 0.248.